The third-order valence-corrected chi connectivity index (χ3v) is 11.1. The molecule has 0 spiro atoms. The van der Waals surface area contributed by atoms with Gasteiger partial charge in [0.25, 0.3) is 0 Å². The molecule has 2 bridgehead atoms. The van der Waals surface area contributed by atoms with Crippen molar-refractivity contribution in [3.63, 3.8) is 0 Å². The number of aromatic nitrogens is 3. The summed E-state index contributed by atoms with van der Waals surface area (Å²) in [5.74, 6) is 1.35. The molecule has 4 aliphatic heterocycles. The summed E-state index contributed by atoms with van der Waals surface area (Å²) in [5, 5.41) is 15.9. The van der Waals surface area contributed by atoms with E-state index in [1.165, 1.54) is 38.1 Å². The Morgan fingerprint density at radius 1 is 1.00 bits per heavy atom. The lowest BCUT2D eigenvalue weighted by Crippen LogP contribution is -2.51. The van der Waals surface area contributed by atoms with E-state index in [1.54, 1.807) is 19.1 Å². The fourth-order valence-electron chi connectivity index (χ4n) is 8.55. The van der Waals surface area contributed by atoms with E-state index in [2.05, 4.69) is 15.1 Å². The maximum atomic E-state index is 16.9. The van der Waals surface area contributed by atoms with Crippen molar-refractivity contribution in [1.82, 2.24) is 25.2 Å². The summed E-state index contributed by atoms with van der Waals surface area (Å²) in [6, 6.07) is 6.39. The lowest BCUT2D eigenvalue weighted by atomic mass is 9.71. The summed E-state index contributed by atoms with van der Waals surface area (Å²) >= 11 is 0. The summed E-state index contributed by atoms with van der Waals surface area (Å²) in [7, 11) is 0. The number of hydrogen-bond donors (Lipinski definition) is 2. The summed E-state index contributed by atoms with van der Waals surface area (Å²) in [4.78, 5) is 19.5. The first-order valence-electron chi connectivity index (χ1n) is 18.5. The largest absolute Gasteiger partial charge is 0.508 e. The van der Waals surface area contributed by atoms with Crippen LogP contribution in [0.1, 0.15) is 71.1 Å². The van der Waals surface area contributed by atoms with Crippen LogP contribution in [0.2, 0.25) is 0 Å². The number of phenolic OH excluding ortho intramolecular Hbond substituents is 1. The van der Waals surface area contributed by atoms with Gasteiger partial charge in [-0.25, -0.2) is 13.8 Å². The average Bonchev–Trinajstić information content (AvgIpc) is 3.90. The maximum absolute atomic E-state index is 16.9. The maximum Gasteiger partial charge on any atom is 0.319 e. The van der Waals surface area contributed by atoms with E-state index < -0.39 is 11.6 Å². The number of benzene rings is 2. The molecule has 1 unspecified atom stereocenters. The first kappa shape index (κ1) is 33.8. The minimum atomic E-state index is -0.611. The first-order chi connectivity index (χ1) is 23.8. The summed E-state index contributed by atoms with van der Waals surface area (Å²) < 4.78 is 38.1. The third-order valence-electron chi connectivity index (χ3n) is 11.1. The van der Waals surface area contributed by atoms with E-state index in [1.807, 2.05) is 27.7 Å². The fourth-order valence-corrected chi connectivity index (χ4v) is 8.55. The molecule has 0 amide bonds. The Morgan fingerprint density at radius 2 is 1.76 bits per heavy atom. The average molecular weight is 673 g/mol. The third kappa shape index (κ3) is 6.20. The number of aromatic hydroxyl groups is 1. The Balaban J connectivity index is 0.000000914. The van der Waals surface area contributed by atoms with E-state index in [9.17, 15) is 9.50 Å². The monoisotopic (exact) mass is 672 g/mol. The second-order valence-corrected chi connectivity index (χ2v) is 14.3. The molecular weight excluding hydrogens is 622 g/mol. The van der Waals surface area contributed by atoms with Crippen molar-refractivity contribution in [1.29, 1.82) is 0 Å². The van der Waals surface area contributed by atoms with Crippen molar-refractivity contribution in [3.05, 3.63) is 47.2 Å². The van der Waals surface area contributed by atoms with Gasteiger partial charge in [-0.1, -0.05) is 33.8 Å². The molecule has 3 saturated heterocycles. The van der Waals surface area contributed by atoms with Crippen LogP contribution in [0, 0.1) is 35.8 Å². The predicted octanol–water partition coefficient (Wildman–Crippen LogP) is 7.41. The molecule has 1 atom stereocenters. The first-order valence-corrected chi connectivity index (χ1v) is 18.5. The predicted molar refractivity (Wildman–Crippen MR) is 191 cm³/mol. The quantitative estimate of drug-likeness (QED) is 0.219. The zero-order chi connectivity index (χ0) is 34.4. The number of ether oxygens (including phenoxy) is 1. The summed E-state index contributed by atoms with van der Waals surface area (Å²) in [6.45, 7) is 16.0. The number of nitrogens with one attached hydrogen (secondary N) is 1. The van der Waals surface area contributed by atoms with Crippen LogP contribution in [-0.4, -0.2) is 76.9 Å². The van der Waals surface area contributed by atoms with Crippen LogP contribution in [0.3, 0.4) is 0 Å². The standard InChI is InChI=1S/C35H38F2N6O2.2C2H6/c1-19-26(36)4-2-22-12-24(44)13-25(28(19)22)31-30(37)32-29-27(39-31)5-3-23-14-38-8-9-43(23)33(29)41-34(40-32)45-18-35(6-7-35)17-42-15-20-10-21(11-20)16-42;2*1-2/h2,4,12-13,20-21,23,38,44H,3,5-11,14-18H2,1H3;2*1-2H3. The van der Waals surface area contributed by atoms with Gasteiger partial charge < -0.3 is 25.0 Å². The molecule has 5 fully saturated rings. The van der Waals surface area contributed by atoms with Crippen LogP contribution < -0.4 is 15.0 Å². The molecule has 2 aromatic carbocycles. The molecule has 2 aromatic heterocycles. The van der Waals surface area contributed by atoms with Crippen LogP contribution in [0.5, 0.6) is 11.8 Å². The van der Waals surface area contributed by atoms with E-state index in [0.717, 1.165) is 57.3 Å². The Kier molecular flexibility index (Phi) is 9.39. The molecule has 262 valence electrons. The molecule has 2 aliphatic carbocycles. The van der Waals surface area contributed by atoms with Gasteiger partial charge in [-0.3, -0.25) is 0 Å². The van der Waals surface area contributed by atoms with Gasteiger partial charge in [-0.15, -0.1) is 0 Å². The van der Waals surface area contributed by atoms with Crippen molar-refractivity contribution in [2.45, 2.75) is 79.2 Å². The number of nitrogens with zero attached hydrogens (tertiary/aromatic N) is 5. The number of fused-ring (bicyclic) bond motifs is 5. The van der Waals surface area contributed by atoms with Crippen molar-refractivity contribution in [2.24, 2.45) is 17.3 Å². The lowest BCUT2D eigenvalue weighted by Gasteiger charge is -2.48. The Bertz CT molecular complexity index is 1850. The molecule has 2 N–H and O–H groups in total. The van der Waals surface area contributed by atoms with Gasteiger partial charge in [0.2, 0.25) is 0 Å². The van der Waals surface area contributed by atoms with Gasteiger partial charge in [-0.2, -0.15) is 9.97 Å². The molecule has 10 heteroatoms. The summed E-state index contributed by atoms with van der Waals surface area (Å²) in [6.07, 6.45) is 6.45. The van der Waals surface area contributed by atoms with E-state index in [0.29, 0.717) is 51.8 Å². The molecule has 4 aromatic rings. The van der Waals surface area contributed by atoms with E-state index in [4.69, 9.17) is 19.7 Å². The minimum absolute atomic E-state index is 0.0352. The van der Waals surface area contributed by atoms with Crippen LogP contribution in [0.15, 0.2) is 24.3 Å². The smallest absolute Gasteiger partial charge is 0.319 e. The Hall–Kier alpha value is -3.63. The zero-order valence-corrected chi connectivity index (χ0v) is 29.6. The number of aryl methyl sites for hydroxylation is 2. The van der Waals surface area contributed by atoms with Crippen molar-refractivity contribution < 1.29 is 18.6 Å². The molecule has 8 nitrogen and oxygen atoms in total. The Morgan fingerprint density at radius 3 is 2.49 bits per heavy atom. The molecule has 0 radical (unpaired) electrons. The number of piperazine rings is 1. The second kappa shape index (κ2) is 13.6. The number of pyridine rings is 1. The van der Waals surface area contributed by atoms with Gasteiger partial charge in [0, 0.05) is 56.3 Å². The molecule has 6 heterocycles. The zero-order valence-electron chi connectivity index (χ0n) is 29.6. The van der Waals surface area contributed by atoms with Crippen LogP contribution in [0.25, 0.3) is 32.9 Å². The number of piperidine rings is 2. The Labute approximate surface area is 288 Å². The van der Waals surface area contributed by atoms with Crippen molar-refractivity contribution in [2.75, 3.05) is 50.8 Å². The highest BCUT2D eigenvalue weighted by Gasteiger charge is 2.48. The number of phenols is 1. The number of halogens is 2. The lowest BCUT2D eigenvalue weighted by molar-refractivity contribution is 0.0100. The number of rotatable bonds is 6. The van der Waals surface area contributed by atoms with Gasteiger partial charge in [-0.05, 0) is 91.8 Å². The van der Waals surface area contributed by atoms with Crippen LogP contribution in [-0.2, 0) is 6.42 Å². The normalized spacial score (nSPS) is 23.3. The summed E-state index contributed by atoms with van der Waals surface area (Å²) in [5.41, 5.74) is 1.77. The van der Waals surface area contributed by atoms with Crippen LogP contribution in [0.4, 0.5) is 14.6 Å². The topological polar surface area (TPSA) is 86.6 Å². The molecule has 6 aliphatic rings. The van der Waals surface area contributed by atoms with Crippen LogP contribution >= 0.6 is 0 Å². The van der Waals surface area contributed by atoms with Gasteiger partial charge in [0.1, 0.15) is 28.6 Å². The van der Waals surface area contributed by atoms with Gasteiger partial charge in [0.05, 0.1) is 17.7 Å². The van der Waals surface area contributed by atoms with Crippen molar-refractivity contribution in [3.8, 4) is 23.0 Å². The van der Waals surface area contributed by atoms with E-state index in [-0.39, 0.29) is 34.4 Å². The second-order valence-electron chi connectivity index (χ2n) is 14.3. The number of anilines is 1. The minimum Gasteiger partial charge on any atom is -0.508 e. The highest BCUT2D eigenvalue weighted by molar-refractivity contribution is 6.02. The molecule has 2 saturated carbocycles. The molecule has 10 rings (SSSR count). The molecular formula is C39H50F2N6O2. The van der Waals surface area contributed by atoms with Gasteiger partial charge in [0.15, 0.2) is 5.82 Å². The number of hydrogen-bond acceptors (Lipinski definition) is 8. The fraction of sp³-hybridized carbons (Fsp3) is 0.564. The van der Waals surface area contributed by atoms with Gasteiger partial charge >= 0.3 is 6.01 Å². The highest BCUT2D eigenvalue weighted by Crippen LogP contribution is 2.49. The SMILES string of the molecule is CC.CC.Cc1c(F)ccc2cc(O)cc(-c3nc4c5c(nc(OCC6(CN7CC8CC(C8)C7)CC6)nc5c3F)N3CCNCC3CC4)c12. The molecule has 49 heavy (non-hydrogen) atoms. The van der Waals surface area contributed by atoms with E-state index >= 15 is 4.39 Å². The van der Waals surface area contributed by atoms with Crippen molar-refractivity contribution >= 4 is 27.5 Å². The highest BCUT2D eigenvalue weighted by atomic mass is 19.1.